The minimum absolute atomic E-state index is 0.00455. The van der Waals surface area contributed by atoms with E-state index >= 15 is 0 Å². The Morgan fingerprint density at radius 1 is 1.30 bits per heavy atom. The van der Waals surface area contributed by atoms with E-state index < -0.39 is 0 Å². The van der Waals surface area contributed by atoms with Crippen molar-refractivity contribution in [1.82, 2.24) is 20.1 Å². The van der Waals surface area contributed by atoms with E-state index in [1.54, 1.807) is 24.5 Å². The molecule has 3 rings (SSSR count). The first-order chi connectivity index (χ1) is 11.2. The van der Waals surface area contributed by atoms with Crippen LogP contribution >= 0.6 is 0 Å². The lowest BCUT2D eigenvalue weighted by Crippen LogP contribution is -2.48. The van der Waals surface area contributed by atoms with Gasteiger partial charge >= 0.3 is 0 Å². The highest BCUT2D eigenvalue weighted by atomic mass is 16.2. The number of amides is 2. The summed E-state index contributed by atoms with van der Waals surface area (Å²) >= 11 is 0. The van der Waals surface area contributed by atoms with Crippen LogP contribution in [0.15, 0.2) is 24.5 Å². The molecule has 1 aromatic rings. The van der Waals surface area contributed by atoms with E-state index in [9.17, 15) is 9.59 Å². The van der Waals surface area contributed by atoms with Gasteiger partial charge in [0.25, 0.3) is 5.91 Å². The Morgan fingerprint density at radius 2 is 2.09 bits per heavy atom. The summed E-state index contributed by atoms with van der Waals surface area (Å²) in [6, 6.07) is 3.74. The molecule has 2 aliphatic rings. The molecule has 0 bridgehead atoms. The molecule has 0 radical (unpaired) electrons. The van der Waals surface area contributed by atoms with Crippen LogP contribution in [0.3, 0.4) is 0 Å². The molecule has 2 amide bonds. The van der Waals surface area contributed by atoms with Crippen molar-refractivity contribution < 1.29 is 9.59 Å². The van der Waals surface area contributed by atoms with Gasteiger partial charge in [0.15, 0.2) is 0 Å². The summed E-state index contributed by atoms with van der Waals surface area (Å²) in [6.45, 7) is 3.08. The third-order valence-electron chi connectivity index (χ3n) is 4.91. The molecule has 23 heavy (non-hydrogen) atoms. The van der Waals surface area contributed by atoms with Gasteiger partial charge in [-0.1, -0.05) is 0 Å². The first kappa shape index (κ1) is 15.9. The fraction of sp³-hybridized carbons (Fsp3) is 0.588. The van der Waals surface area contributed by atoms with Gasteiger partial charge in [0.05, 0.1) is 5.92 Å². The van der Waals surface area contributed by atoms with Gasteiger partial charge in [-0.3, -0.25) is 14.6 Å². The van der Waals surface area contributed by atoms with E-state index in [0.29, 0.717) is 12.1 Å². The largest absolute Gasteiger partial charge is 0.341 e. The number of nitrogens with zero attached hydrogens (tertiary/aromatic N) is 3. The molecule has 0 aromatic carbocycles. The maximum Gasteiger partial charge on any atom is 0.253 e. The van der Waals surface area contributed by atoms with Crippen molar-refractivity contribution in [2.24, 2.45) is 5.92 Å². The van der Waals surface area contributed by atoms with Crippen LogP contribution in [0.2, 0.25) is 0 Å². The summed E-state index contributed by atoms with van der Waals surface area (Å²) in [5, 5.41) is 3.30. The molecule has 1 N–H and O–H groups in total. The lowest BCUT2D eigenvalue weighted by Gasteiger charge is -2.35. The quantitative estimate of drug-likeness (QED) is 0.894. The van der Waals surface area contributed by atoms with Crippen LogP contribution in [0.1, 0.15) is 29.6 Å². The summed E-state index contributed by atoms with van der Waals surface area (Å²) in [7, 11) is 1.89. The smallest absolute Gasteiger partial charge is 0.253 e. The normalized spacial score (nSPS) is 24.5. The zero-order chi connectivity index (χ0) is 16.2. The number of carbonyl (C=O) groups excluding carboxylic acids is 2. The zero-order valence-corrected chi connectivity index (χ0v) is 13.6. The predicted octanol–water partition coefficient (Wildman–Crippen LogP) is 0.754. The molecule has 0 aliphatic carbocycles. The molecule has 2 saturated heterocycles. The molecule has 1 aromatic heterocycles. The molecule has 2 unspecified atom stereocenters. The Kier molecular flexibility index (Phi) is 4.91. The van der Waals surface area contributed by atoms with Gasteiger partial charge in [-0.25, -0.2) is 0 Å². The molecule has 2 aliphatic heterocycles. The highest BCUT2D eigenvalue weighted by Gasteiger charge is 2.33. The minimum atomic E-state index is -0.0832. The maximum absolute atomic E-state index is 12.7. The standard InChI is InChI=1S/C17H24N4O2/c1-20(15-6-9-19-11-15)16(22)14-3-2-10-21(12-14)17(23)13-4-7-18-8-5-13/h4-5,7-8,14-15,19H,2-3,6,9-12H2,1H3. The average molecular weight is 316 g/mol. The van der Waals surface area contributed by atoms with E-state index in [0.717, 1.165) is 38.9 Å². The average Bonchev–Trinajstić information content (AvgIpc) is 3.15. The van der Waals surface area contributed by atoms with Gasteiger partial charge in [-0.2, -0.15) is 0 Å². The molecular formula is C17H24N4O2. The highest BCUT2D eigenvalue weighted by molar-refractivity contribution is 5.94. The molecule has 6 heteroatoms. The summed E-state index contributed by atoms with van der Waals surface area (Å²) in [6.07, 6.45) is 6.00. The Bertz CT molecular complexity index is 557. The van der Waals surface area contributed by atoms with E-state index in [2.05, 4.69) is 10.3 Å². The molecule has 0 spiro atoms. The van der Waals surface area contributed by atoms with Crippen LogP contribution < -0.4 is 5.32 Å². The van der Waals surface area contributed by atoms with Crippen molar-refractivity contribution >= 4 is 11.8 Å². The Hall–Kier alpha value is -1.95. The second-order valence-electron chi connectivity index (χ2n) is 6.42. The van der Waals surface area contributed by atoms with Crippen LogP contribution in [-0.2, 0) is 4.79 Å². The number of nitrogens with one attached hydrogen (secondary N) is 1. The topological polar surface area (TPSA) is 65.5 Å². The van der Waals surface area contributed by atoms with Crippen molar-refractivity contribution in [3.05, 3.63) is 30.1 Å². The SMILES string of the molecule is CN(C(=O)C1CCCN(C(=O)c2ccncc2)C1)C1CCNC1. The highest BCUT2D eigenvalue weighted by Crippen LogP contribution is 2.22. The van der Waals surface area contributed by atoms with Crippen molar-refractivity contribution in [2.45, 2.75) is 25.3 Å². The first-order valence-corrected chi connectivity index (χ1v) is 8.33. The Balaban J connectivity index is 1.63. The van der Waals surface area contributed by atoms with E-state index in [4.69, 9.17) is 0 Å². The van der Waals surface area contributed by atoms with Crippen molar-refractivity contribution in [2.75, 3.05) is 33.2 Å². The molecule has 6 nitrogen and oxygen atoms in total. The predicted molar refractivity (Wildman–Crippen MR) is 86.9 cm³/mol. The number of likely N-dealkylation sites (N-methyl/N-ethyl adjacent to an activating group) is 1. The second kappa shape index (κ2) is 7.08. The number of hydrogen-bond acceptors (Lipinski definition) is 4. The van der Waals surface area contributed by atoms with Gasteiger partial charge < -0.3 is 15.1 Å². The first-order valence-electron chi connectivity index (χ1n) is 8.33. The number of carbonyl (C=O) groups is 2. The number of pyridine rings is 1. The molecule has 3 heterocycles. The lowest BCUT2D eigenvalue weighted by molar-refractivity contribution is -0.137. The van der Waals surface area contributed by atoms with Crippen molar-refractivity contribution in [3.63, 3.8) is 0 Å². The van der Waals surface area contributed by atoms with E-state index in [1.165, 1.54) is 0 Å². The lowest BCUT2D eigenvalue weighted by atomic mass is 9.95. The Labute approximate surface area is 136 Å². The molecule has 124 valence electrons. The van der Waals surface area contributed by atoms with E-state index in [-0.39, 0.29) is 23.8 Å². The number of likely N-dealkylation sites (tertiary alicyclic amines) is 1. The van der Waals surface area contributed by atoms with Gasteiger partial charge in [-0.05, 0) is 37.9 Å². The number of aromatic nitrogens is 1. The summed E-state index contributed by atoms with van der Waals surface area (Å²) < 4.78 is 0. The molecule has 2 atom stereocenters. The van der Waals surface area contributed by atoms with Crippen LogP contribution in [0.4, 0.5) is 0 Å². The van der Waals surface area contributed by atoms with Crippen LogP contribution in [0, 0.1) is 5.92 Å². The third-order valence-corrected chi connectivity index (χ3v) is 4.91. The monoisotopic (exact) mass is 316 g/mol. The summed E-state index contributed by atoms with van der Waals surface area (Å²) in [5.41, 5.74) is 0.640. The van der Waals surface area contributed by atoms with Crippen LogP contribution in [0.5, 0.6) is 0 Å². The van der Waals surface area contributed by atoms with Crippen LogP contribution in [0.25, 0.3) is 0 Å². The van der Waals surface area contributed by atoms with Crippen molar-refractivity contribution in [3.8, 4) is 0 Å². The maximum atomic E-state index is 12.7. The van der Waals surface area contributed by atoms with Crippen molar-refractivity contribution in [1.29, 1.82) is 0 Å². The van der Waals surface area contributed by atoms with Crippen LogP contribution in [-0.4, -0.2) is 65.9 Å². The molecule has 2 fully saturated rings. The number of hydrogen-bond donors (Lipinski definition) is 1. The second-order valence-corrected chi connectivity index (χ2v) is 6.42. The van der Waals surface area contributed by atoms with Gasteiger partial charge in [0.2, 0.25) is 5.91 Å². The number of piperidine rings is 1. The fourth-order valence-corrected chi connectivity index (χ4v) is 3.48. The fourth-order valence-electron chi connectivity index (χ4n) is 3.48. The minimum Gasteiger partial charge on any atom is -0.341 e. The van der Waals surface area contributed by atoms with Gasteiger partial charge in [0.1, 0.15) is 0 Å². The Morgan fingerprint density at radius 3 is 2.78 bits per heavy atom. The van der Waals surface area contributed by atoms with Gasteiger partial charge in [0, 0.05) is 50.7 Å². The summed E-state index contributed by atoms with van der Waals surface area (Å²) in [4.78, 5) is 32.9. The number of rotatable bonds is 3. The zero-order valence-electron chi connectivity index (χ0n) is 13.6. The third kappa shape index (κ3) is 3.52. The summed E-state index contributed by atoms with van der Waals surface area (Å²) in [5.74, 6) is 0.0844. The molecule has 0 saturated carbocycles. The van der Waals surface area contributed by atoms with E-state index in [1.807, 2.05) is 16.8 Å². The molecular weight excluding hydrogens is 292 g/mol. The van der Waals surface area contributed by atoms with Gasteiger partial charge in [-0.15, -0.1) is 0 Å².